The van der Waals surface area contributed by atoms with Crippen LogP contribution < -0.4 is 9.47 Å². The second kappa shape index (κ2) is 6.40. The van der Waals surface area contributed by atoms with E-state index in [4.69, 9.17) is 9.47 Å². The van der Waals surface area contributed by atoms with Crippen LogP contribution in [0.15, 0.2) is 17.1 Å². The van der Waals surface area contributed by atoms with E-state index >= 15 is 0 Å². The van der Waals surface area contributed by atoms with E-state index in [1.807, 2.05) is 0 Å². The molecule has 2 aromatic rings. The van der Waals surface area contributed by atoms with Crippen molar-refractivity contribution in [2.24, 2.45) is 7.05 Å². The highest BCUT2D eigenvalue weighted by molar-refractivity contribution is 7.07. The number of aryl methyl sites for hydroxylation is 1. The molecule has 0 saturated heterocycles. The summed E-state index contributed by atoms with van der Waals surface area (Å²) >= 11 is 1.35. The number of hydrogen-bond acceptors (Lipinski definition) is 6. The summed E-state index contributed by atoms with van der Waals surface area (Å²) in [6.07, 6.45) is 1.62. The van der Waals surface area contributed by atoms with E-state index in [1.165, 1.54) is 11.3 Å². The van der Waals surface area contributed by atoms with Crippen molar-refractivity contribution in [2.45, 2.75) is 25.7 Å². The van der Waals surface area contributed by atoms with Crippen LogP contribution in [0.3, 0.4) is 0 Å². The Balaban J connectivity index is 2.01. The van der Waals surface area contributed by atoms with Crippen molar-refractivity contribution in [3.63, 3.8) is 0 Å². The maximum Gasteiger partial charge on any atom is 0.363 e. The molecule has 0 spiro atoms. The maximum atomic E-state index is 11.9. The first-order chi connectivity index (χ1) is 9.85. The van der Waals surface area contributed by atoms with E-state index in [0.29, 0.717) is 18.2 Å². The van der Waals surface area contributed by atoms with Crippen molar-refractivity contribution in [1.29, 1.82) is 0 Å². The van der Waals surface area contributed by atoms with Gasteiger partial charge in [-0.1, -0.05) is 19.6 Å². The van der Waals surface area contributed by atoms with Crippen LogP contribution in [-0.2, 0) is 7.05 Å². The number of aromatic nitrogens is 3. The molecule has 0 aliphatic rings. The molecule has 0 bridgehead atoms. The van der Waals surface area contributed by atoms with E-state index < -0.39 is 14.0 Å². The van der Waals surface area contributed by atoms with Gasteiger partial charge in [0.05, 0.1) is 18.3 Å². The average molecular weight is 325 g/mol. The molecular formula is C13H19N3O3SSi. The van der Waals surface area contributed by atoms with Crippen LogP contribution >= 0.6 is 11.3 Å². The highest BCUT2D eigenvalue weighted by Crippen LogP contribution is 2.26. The van der Waals surface area contributed by atoms with Crippen molar-refractivity contribution in [3.05, 3.63) is 22.8 Å². The van der Waals surface area contributed by atoms with Gasteiger partial charge in [-0.25, -0.2) is 9.78 Å². The smallest absolute Gasteiger partial charge is 0.363 e. The summed E-state index contributed by atoms with van der Waals surface area (Å²) in [4.78, 5) is 15.8. The van der Waals surface area contributed by atoms with Crippen molar-refractivity contribution < 1.29 is 14.3 Å². The molecule has 114 valence electrons. The summed E-state index contributed by atoms with van der Waals surface area (Å²) in [5.41, 5.74) is 1.88. The van der Waals surface area contributed by atoms with E-state index in [1.54, 1.807) is 28.8 Å². The normalized spacial score (nSPS) is 11.4. The predicted octanol–water partition coefficient (Wildman–Crippen LogP) is 2.81. The molecular weight excluding hydrogens is 306 g/mol. The SMILES string of the molecule is Cn1cc(OC(=O)c2cscn2)c(OCC[Si](C)(C)C)n1. The predicted molar refractivity (Wildman–Crippen MR) is 83.9 cm³/mol. The standard InChI is InChI=1S/C13H19N3O3SSi/c1-16-7-11(19-13(17)10-8-20-9-14-10)12(15-16)18-5-6-21(2,3)4/h7-9H,5-6H2,1-4H3. The highest BCUT2D eigenvalue weighted by Gasteiger charge is 2.19. The minimum absolute atomic E-state index is 0.289. The van der Waals surface area contributed by atoms with Gasteiger partial charge < -0.3 is 9.47 Å². The number of carbonyl (C=O) groups excluding carboxylic acids is 1. The molecule has 2 rings (SSSR count). The molecule has 0 amide bonds. The summed E-state index contributed by atoms with van der Waals surface area (Å²) in [6, 6.07) is 1.02. The number of rotatable bonds is 6. The fourth-order valence-corrected chi connectivity index (χ4v) is 2.77. The van der Waals surface area contributed by atoms with Crippen molar-refractivity contribution >= 4 is 25.4 Å². The molecule has 6 nitrogen and oxygen atoms in total. The quantitative estimate of drug-likeness (QED) is 0.603. The number of esters is 1. The zero-order valence-corrected chi connectivity index (χ0v) is 14.4. The molecule has 0 atom stereocenters. The van der Waals surface area contributed by atoms with Gasteiger partial charge in [-0.15, -0.1) is 16.4 Å². The first kappa shape index (κ1) is 15.7. The maximum absolute atomic E-state index is 11.9. The van der Waals surface area contributed by atoms with Gasteiger partial charge in [-0.2, -0.15) is 0 Å². The first-order valence-electron chi connectivity index (χ1n) is 6.62. The summed E-state index contributed by atoms with van der Waals surface area (Å²) < 4.78 is 12.5. The van der Waals surface area contributed by atoms with Crippen LogP contribution in [0, 0.1) is 0 Å². The monoisotopic (exact) mass is 325 g/mol. The summed E-state index contributed by atoms with van der Waals surface area (Å²) in [7, 11) is 0.582. The molecule has 0 unspecified atom stereocenters. The molecule has 0 N–H and O–H groups in total. The van der Waals surface area contributed by atoms with Crippen LogP contribution in [0.2, 0.25) is 25.7 Å². The van der Waals surface area contributed by atoms with Gasteiger partial charge >= 0.3 is 5.97 Å². The fraction of sp³-hybridized carbons (Fsp3) is 0.462. The van der Waals surface area contributed by atoms with E-state index in [2.05, 4.69) is 29.7 Å². The summed E-state index contributed by atoms with van der Waals surface area (Å²) in [5.74, 6) is 0.171. The Bertz CT molecular complexity index is 605. The second-order valence-corrected chi connectivity index (χ2v) is 12.2. The lowest BCUT2D eigenvalue weighted by molar-refractivity contribution is 0.0723. The number of nitrogens with zero attached hydrogens (tertiary/aromatic N) is 3. The lowest BCUT2D eigenvalue weighted by Gasteiger charge is -2.15. The molecule has 21 heavy (non-hydrogen) atoms. The van der Waals surface area contributed by atoms with Crippen LogP contribution in [0.5, 0.6) is 11.6 Å². The lowest BCUT2D eigenvalue weighted by atomic mass is 10.5. The number of carbonyl (C=O) groups is 1. The zero-order chi connectivity index (χ0) is 15.5. The molecule has 0 aromatic carbocycles. The Hall–Kier alpha value is -1.67. The number of ether oxygens (including phenoxy) is 2. The molecule has 8 heteroatoms. The van der Waals surface area contributed by atoms with Crippen molar-refractivity contribution in [1.82, 2.24) is 14.8 Å². The van der Waals surface area contributed by atoms with Gasteiger partial charge in [0.2, 0.25) is 5.75 Å². The average Bonchev–Trinajstić information content (AvgIpc) is 2.98. The minimum Gasteiger partial charge on any atom is -0.474 e. The Labute approximate surface area is 128 Å². The Morgan fingerprint density at radius 3 is 2.81 bits per heavy atom. The van der Waals surface area contributed by atoms with Gasteiger partial charge in [0.15, 0.2) is 5.69 Å². The van der Waals surface area contributed by atoms with Gasteiger partial charge in [-0.05, 0) is 6.04 Å². The molecule has 2 heterocycles. The first-order valence-corrected chi connectivity index (χ1v) is 11.3. The topological polar surface area (TPSA) is 66.2 Å². The minimum atomic E-state index is -1.17. The lowest BCUT2D eigenvalue weighted by Crippen LogP contribution is -2.22. The van der Waals surface area contributed by atoms with Gasteiger partial charge in [0.25, 0.3) is 5.88 Å². The molecule has 0 saturated carbocycles. The third-order valence-electron chi connectivity index (χ3n) is 2.70. The summed E-state index contributed by atoms with van der Waals surface area (Å²) in [6.45, 7) is 7.40. The van der Waals surface area contributed by atoms with E-state index in [9.17, 15) is 4.79 Å². The zero-order valence-electron chi connectivity index (χ0n) is 12.6. The van der Waals surface area contributed by atoms with Crippen molar-refractivity contribution in [3.8, 4) is 11.6 Å². The number of hydrogen-bond donors (Lipinski definition) is 0. The Morgan fingerprint density at radius 1 is 1.43 bits per heavy atom. The van der Waals surface area contributed by atoms with Crippen LogP contribution in [-0.4, -0.2) is 35.4 Å². The van der Waals surface area contributed by atoms with Gasteiger partial charge in [0, 0.05) is 20.5 Å². The third kappa shape index (κ3) is 4.67. The van der Waals surface area contributed by atoms with Gasteiger partial charge in [0.1, 0.15) is 0 Å². The Morgan fingerprint density at radius 2 is 2.19 bits per heavy atom. The van der Waals surface area contributed by atoms with Crippen LogP contribution in [0.1, 0.15) is 10.5 Å². The molecule has 2 aromatic heterocycles. The van der Waals surface area contributed by atoms with E-state index in [0.717, 1.165) is 6.04 Å². The van der Waals surface area contributed by atoms with Crippen LogP contribution in [0.25, 0.3) is 0 Å². The van der Waals surface area contributed by atoms with E-state index in [-0.39, 0.29) is 5.69 Å². The fourth-order valence-electron chi connectivity index (χ4n) is 1.54. The molecule has 0 fully saturated rings. The summed E-state index contributed by atoms with van der Waals surface area (Å²) in [5, 5.41) is 5.82. The molecule has 0 radical (unpaired) electrons. The Kier molecular flexibility index (Phi) is 4.79. The largest absolute Gasteiger partial charge is 0.474 e. The third-order valence-corrected chi connectivity index (χ3v) is 4.99. The molecule has 0 aliphatic carbocycles. The van der Waals surface area contributed by atoms with Crippen molar-refractivity contribution in [2.75, 3.05) is 6.61 Å². The van der Waals surface area contributed by atoms with Crippen LogP contribution in [0.4, 0.5) is 0 Å². The number of thiazole rings is 1. The second-order valence-electron chi connectivity index (χ2n) is 5.89. The van der Waals surface area contributed by atoms with Gasteiger partial charge in [-0.3, -0.25) is 4.68 Å². The highest BCUT2D eigenvalue weighted by atomic mass is 32.1. The molecule has 0 aliphatic heterocycles.